The summed E-state index contributed by atoms with van der Waals surface area (Å²) in [7, 11) is 0. The number of benzene rings is 4. The molecule has 51 heavy (non-hydrogen) atoms. The van der Waals surface area contributed by atoms with Crippen LogP contribution < -0.4 is 30.5 Å². The minimum atomic E-state index is -0.303. The number of hydrogen-bond acceptors (Lipinski definition) is 6. The second kappa shape index (κ2) is 14.9. The van der Waals surface area contributed by atoms with Gasteiger partial charge in [-0.15, -0.1) is 0 Å². The van der Waals surface area contributed by atoms with Crippen molar-refractivity contribution in [2.45, 2.75) is 78.6 Å². The zero-order chi connectivity index (χ0) is 35.5. The fourth-order valence-corrected chi connectivity index (χ4v) is 6.97. The fourth-order valence-electron chi connectivity index (χ4n) is 6.97. The maximum absolute atomic E-state index is 14.6. The lowest BCUT2D eigenvalue weighted by Crippen LogP contribution is -2.15. The zero-order valence-electron chi connectivity index (χ0n) is 29.6. The van der Waals surface area contributed by atoms with Gasteiger partial charge in [-0.25, -0.2) is 0 Å². The van der Waals surface area contributed by atoms with Crippen molar-refractivity contribution in [1.82, 2.24) is 15.0 Å². The van der Waals surface area contributed by atoms with Crippen LogP contribution in [-0.4, -0.2) is 34.8 Å². The van der Waals surface area contributed by atoms with E-state index in [0.29, 0.717) is 86.3 Å². The molecule has 0 spiro atoms. The van der Waals surface area contributed by atoms with Gasteiger partial charge in [0.15, 0.2) is 16.3 Å². The maximum atomic E-state index is 14.6. The van der Waals surface area contributed by atoms with Crippen molar-refractivity contribution in [3.63, 3.8) is 0 Å². The van der Waals surface area contributed by atoms with E-state index >= 15 is 0 Å². The molecule has 9 heteroatoms. The number of hydrogen-bond donors (Lipinski definition) is 3. The Morgan fingerprint density at radius 2 is 0.725 bits per heavy atom. The molecule has 3 heterocycles. The first kappa shape index (κ1) is 34.2. The third kappa shape index (κ3) is 6.53. The molecule has 264 valence electrons. The number of ether oxygens (including phenoxy) is 3. The van der Waals surface area contributed by atoms with Gasteiger partial charge in [-0.2, -0.15) is 0 Å². The summed E-state index contributed by atoms with van der Waals surface area (Å²) < 4.78 is 18.0. The number of H-pyrrole nitrogens is 3. The number of fused-ring (bicyclic) bond motifs is 9. The van der Waals surface area contributed by atoms with Gasteiger partial charge >= 0.3 is 0 Å². The minimum Gasteiger partial charge on any atom is -0.494 e. The van der Waals surface area contributed by atoms with Gasteiger partial charge in [0.2, 0.25) is 0 Å². The molecule has 0 saturated heterocycles. The predicted octanol–water partition coefficient (Wildman–Crippen LogP) is 9.38. The van der Waals surface area contributed by atoms with Crippen LogP contribution in [0.25, 0.3) is 65.4 Å². The molecule has 7 rings (SSSR count). The lowest BCUT2D eigenvalue weighted by molar-refractivity contribution is 0.306. The highest BCUT2D eigenvalue weighted by Crippen LogP contribution is 2.33. The van der Waals surface area contributed by atoms with Gasteiger partial charge in [0.1, 0.15) is 17.2 Å². The van der Waals surface area contributed by atoms with Crippen molar-refractivity contribution in [3.8, 4) is 17.2 Å². The summed E-state index contributed by atoms with van der Waals surface area (Å²) in [5.41, 5.74) is 1.85. The molecule has 0 saturated carbocycles. The predicted molar refractivity (Wildman–Crippen MR) is 208 cm³/mol. The van der Waals surface area contributed by atoms with E-state index in [1.54, 1.807) is 18.2 Å². The molecule has 4 aromatic carbocycles. The molecule has 7 aromatic rings. The lowest BCUT2D eigenvalue weighted by atomic mass is 9.98. The number of aromatic amines is 3. The lowest BCUT2D eigenvalue weighted by Gasteiger charge is -2.14. The van der Waals surface area contributed by atoms with Crippen molar-refractivity contribution in [1.29, 1.82) is 0 Å². The molecule has 9 nitrogen and oxygen atoms in total. The van der Waals surface area contributed by atoms with Gasteiger partial charge in [0, 0.05) is 16.2 Å². The zero-order valence-corrected chi connectivity index (χ0v) is 29.6. The number of unbranched alkanes of at least 4 members (excludes halogenated alkanes) is 6. The second-order valence-electron chi connectivity index (χ2n) is 13.4. The van der Waals surface area contributed by atoms with Crippen molar-refractivity contribution < 1.29 is 14.2 Å². The van der Waals surface area contributed by atoms with Gasteiger partial charge in [0.25, 0.3) is 0 Å². The van der Waals surface area contributed by atoms with Crippen LogP contribution in [0.15, 0.2) is 69.0 Å². The van der Waals surface area contributed by atoms with E-state index in [0.717, 1.165) is 57.8 Å². The van der Waals surface area contributed by atoms with E-state index in [9.17, 15) is 14.4 Å². The Morgan fingerprint density at radius 1 is 0.431 bits per heavy atom. The summed E-state index contributed by atoms with van der Waals surface area (Å²) in [4.78, 5) is 54.0. The molecule has 3 N–H and O–H groups in total. The highest BCUT2D eigenvalue weighted by molar-refractivity contribution is 6.25. The Morgan fingerprint density at radius 3 is 1.00 bits per heavy atom. The molecular weight excluding hydrogens is 642 g/mol. The average molecular weight is 688 g/mol. The monoisotopic (exact) mass is 687 g/mol. The number of nitrogens with one attached hydrogen (secondary N) is 3. The van der Waals surface area contributed by atoms with E-state index in [1.165, 1.54) is 0 Å². The summed E-state index contributed by atoms with van der Waals surface area (Å²) in [6.45, 7) is 8.06. The third-order valence-corrected chi connectivity index (χ3v) is 9.72. The Balaban J connectivity index is 1.51. The van der Waals surface area contributed by atoms with Crippen LogP contribution >= 0.6 is 0 Å². The van der Waals surface area contributed by atoms with Crippen LogP contribution in [0.3, 0.4) is 0 Å². The van der Waals surface area contributed by atoms with Gasteiger partial charge in [-0.3, -0.25) is 14.4 Å². The Bertz CT molecular complexity index is 2270. The largest absolute Gasteiger partial charge is 0.494 e. The van der Waals surface area contributed by atoms with E-state index in [1.807, 2.05) is 36.4 Å². The van der Waals surface area contributed by atoms with Gasteiger partial charge < -0.3 is 29.2 Å². The van der Waals surface area contributed by atoms with Crippen LogP contribution in [0.4, 0.5) is 0 Å². The molecular formula is C42H45N3O6. The van der Waals surface area contributed by atoms with E-state index in [4.69, 9.17) is 14.2 Å². The maximum Gasteiger partial charge on any atom is 0.199 e. The molecule has 0 unspecified atom stereocenters. The number of rotatable bonds is 15. The summed E-state index contributed by atoms with van der Waals surface area (Å²) >= 11 is 0. The quantitative estimate of drug-likeness (QED) is 0.0560. The van der Waals surface area contributed by atoms with Crippen molar-refractivity contribution >= 4 is 65.4 Å². The normalized spacial score (nSPS) is 11.8. The van der Waals surface area contributed by atoms with E-state index in [2.05, 4.69) is 35.7 Å². The Labute approximate surface area is 294 Å². The third-order valence-electron chi connectivity index (χ3n) is 9.72. The van der Waals surface area contributed by atoms with Crippen LogP contribution in [0, 0.1) is 0 Å². The Hall–Kier alpha value is -5.31. The molecule has 0 aliphatic carbocycles. The molecule has 0 amide bonds. The van der Waals surface area contributed by atoms with Crippen molar-refractivity contribution in [3.05, 3.63) is 85.3 Å². The molecule has 0 radical (unpaired) electrons. The molecule has 0 atom stereocenters. The topological polar surface area (TPSA) is 126 Å². The molecule has 0 aliphatic rings. The second-order valence-corrected chi connectivity index (χ2v) is 13.4. The summed E-state index contributed by atoms with van der Waals surface area (Å²) in [5.74, 6) is 1.78. The summed E-state index contributed by atoms with van der Waals surface area (Å²) in [6, 6.07) is 16.1. The Kier molecular flexibility index (Phi) is 9.97. The molecule has 0 fully saturated rings. The standard InChI is InChI=1S/C42H45N3O6/c1-4-7-10-19-49-25-13-16-31-28(22-25)40(46)34-37(43-31)35-39(45-33-18-15-27(24-30(33)41(35)47)51-21-12-9-6-3)36-38(34)44-32-17-14-26(23-29(32)42(36)48)50-20-11-8-5-2/h13-18,22-24H,4-12,19-21H2,1-3H3,(H,43,46)(H,44,48)(H,45,47). The summed E-state index contributed by atoms with van der Waals surface area (Å²) in [6.07, 6.45) is 9.16. The molecule has 0 bridgehead atoms. The first-order valence-electron chi connectivity index (χ1n) is 18.4. The van der Waals surface area contributed by atoms with Gasteiger partial charge in [-0.1, -0.05) is 59.3 Å². The highest BCUT2D eigenvalue weighted by atomic mass is 16.5. The highest BCUT2D eigenvalue weighted by Gasteiger charge is 2.22. The van der Waals surface area contributed by atoms with Crippen LogP contribution in [0.1, 0.15) is 78.6 Å². The molecule has 3 aromatic heterocycles. The van der Waals surface area contributed by atoms with Gasteiger partial charge in [0.05, 0.1) is 69.1 Å². The first-order chi connectivity index (χ1) is 24.9. The van der Waals surface area contributed by atoms with E-state index < -0.39 is 0 Å². The van der Waals surface area contributed by atoms with Crippen molar-refractivity contribution in [2.24, 2.45) is 0 Å². The summed E-state index contributed by atoms with van der Waals surface area (Å²) in [5, 5.41) is 1.95. The van der Waals surface area contributed by atoms with E-state index in [-0.39, 0.29) is 32.4 Å². The van der Waals surface area contributed by atoms with Crippen LogP contribution in [-0.2, 0) is 0 Å². The van der Waals surface area contributed by atoms with Crippen molar-refractivity contribution in [2.75, 3.05) is 19.8 Å². The van der Waals surface area contributed by atoms with Crippen LogP contribution in [0.5, 0.6) is 17.2 Å². The minimum absolute atomic E-state index is 0.240. The smallest absolute Gasteiger partial charge is 0.199 e. The number of aromatic nitrogens is 3. The van der Waals surface area contributed by atoms with Gasteiger partial charge in [-0.05, 0) is 73.9 Å². The van der Waals surface area contributed by atoms with Crippen LogP contribution in [0.2, 0.25) is 0 Å². The fraction of sp³-hybridized carbons (Fsp3) is 0.357. The SMILES string of the molecule is CCCCCOc1ccc2[nH]c3c4c(=O)c5cc(OCCCCC)ccc5[nH]c4c4c(=O)c5cc(OCCCCC)ccc5[nH]c4c3c(=O)c2c1. The molecule has 0 aliphatic heterocycles. The average Bonchev–Trinajstić information content (AvgIpc) is 3.14. The number of pyridine rings is 3. The first-order valence-corrected chi connectivity index (χ1v) is 18.4.